The molecule has 3 saturated heterocycles. The molecule has 8 heteroatoms. The van der Waals surface area contributed by atoms with Gasteiger partial charge in [0.2, 0.25) is 5.91 Å². The quantitative estimate of drug-likeness (QED) is 0.553. The molecule has 1 saturated carbocycles. The van der Waals surface area contributed by atoms with Gasteiger partial charge in [-0.15, -0.1) is 0 Å². The molecule has 0 spiro atoms. The lowest BCUT2D eigenvalue weighted by Gasteiger charge is -2.33. The molecule has 3 N–H and O–H groups in total. The number of hydrazine groups is 1. The minimum atomic E-state index is -0.246. The summed E-state index contributed by atoms with van der Waals surface area (Å²) in [5.41, 5.74) is 10.2. The van der Waals surface area contributed by atoms with Crippen LogP contribution < -0.4 is 21.1 Å². The van der Waals surface area contributed by atoms with Crippen LogP contribution in [-0.2, 0) is 11.3 Å². The highest BCUT2D eigenvalue weighted by atomic mass is 16.2. The first-order valence-corrected chi connectivity index (χ1v) is 14.4. The van der Waals surface area contributed by atoms with Crippen molar-refractivity contribution in [3.63, 3.8) is 0 Å². The maximum absolute atomic E-state index is 13.4. The Bertz CT molecular complexity index is 1070. The van der Waals surface area contributed by atoms with Gasteiger partial charge in [0, 0.05) is 61.9 Å². The van der Waals surface area contributed by atoms with E-state index in [2.05, 4.69) is 48.2 Å². The number of nitrogens with one attached hydrogen (secondary N) is 3. The summed E-state index contributed by atoms with van der Waals surface area (Å²) >= 11 is 0. The van der Waals surface area contributed by atoms with Crippen LogP contribution in [0.4, 0.5) is 11.5 Å². The first kappa shape index (κ1) is 24.8. The van der Waals surface area contributed by atoms with Crippen molar-refractivity contribution in [1.82, 2.24) is 25.7 Å². The van der Waals surface area contributed by atoms with Crippen LogP contribution in [0.3, 0.4) is 0 Å². The van der Waals surface area contributed by atoms with Gasteiger partial charge in [0.05, 0.1) is 0 Å². The number of carbonyl (C=O) groups is 1. The van der Waals surface area contributed by atoms with Gasteiger partial charge in [-0.2, -0.15) is 0 Å². The zero-order chi connectivity index (χ0) is 25.0. The van der Waals surface area contributed by atoms with Gasteiger partial charge in [0.15, 0.2) is 0 Å². The fraction of sp³-hybridized carbons (Fsp3) is 0.621. The third-order valence-corrected chi connectivity index (χ3v) is 8.87. The van der Waals surface area contributed by atoms with E-state index in [9.17, 15) is 4.79 Å². The van der Waals surface area contributed by atoms with Crippen molar-refractivity contribution < 1.29 is 4.79 Å². The number of piperidine rings is 2. The summed E-state index contributed by atoms with van der Waals surface area (Å²) in [4.78, 5) is 27.5. The monoisotopic (exact) mass is 503 g/mol. The topological polar surface area (TPSA) is 85.4 Å². The fourth-order valence-electron chi connectivity index (χ4n) is 6.82. The van der Waals surface area contributed by atoms with Crippen LogP contribution in [0.25, 0.3) is 0 Å². The number of pyridine rings is 2. The van der Waals surface area contributed by atoms with E-state index in [4.69, 9.17) is 0 Å². The first-order chi connectivity index (χ1) is 18.2. The molecule has 2 aromatic rings. The number of hydrogen-bond acceptors (Lipinski definition) is 7. The van der Waals surface area contributed by atoms with Crippen LogP contribution >= 0.6 is 0 Å². The Morgan fingerprint density at radius 2 is 1.78 bits per heavy atom. The van der Waals surface area contributed by atoms with E-state index < -0.39 is 0 Å². The number of fused-ring (bicyclic) bond motifs is 1. The highest BCUT2D eigenvalue weighted by Gasteiger charge is 2.44. The van der Waals surface area contributed by atoms with E-state index in [1.165, 1.54) is 62.7 Å². The second-order valence-corrected chi connectivity index (χ2v) is 11.4. The Morgan fingerprint density at radius 3 is 2.62 bits per heavy atom. The molecule has 4 fully saturated rings. The highest BCUT2D eigenvalue weighted by molar-refractivity contribution is 5.95. The maximum Gasteiger partial charge on any atom is 0.243 e. The van der Waals surface area contributed by atoms with E-state index in [1.54, 1.807) is 0 Å². The Morgan fingerprint density at radius 1 is 0.973 bits per heavy atom. The smallest absolute Gasteiger partial charge is 0.243 e. The zero-order valence-electron chi connectivity index (χ0n) is 21.9. The van der Waals surface area contributed by atoms with Gasteiger partial charge in [-0.3, -0.25) is 20.1 Å². The molecule has 8 nitrogen and oxygen atoms in total. The van der Waals surface area contributed by atoms with Gasteiger partial charge in [-0.1, -0.05) is 12.5 Å². The fourth-order valence-corrected chi connectivity index (χ4v) is 6.82. The molecule has 0 aromatic carbocycles. The lowest BCUT2D eigenvalue weighted by Crippen LogP contribution is -2.42. The first-order valence-electron chi connectivity index (χ1n) is 14.4. The minimum absolute atomic E-state index is 0.0356. The van der Waals surface area contributed by atoms with Crippen LogP contribution in [0.15, 0.2) is 36.8 Å². The lowest BCUT2D eigenvalue weighted by molar-refractivity contribution is -0.119. The van der Waals surface area contributed by atoms with Crippen LogP contribution in [0.2, 0.25) is 0 Å². The molecule has 0 bridgehead atoms. The summed E-state index contributed by atoms with van der Waals surface area (Å²) in [5, 5.41) is 3.18. The molecule has 5 heterocycles. The normalized spacial score (nSPS) is 28.6. The van der Waals surface area contributed by atoms with E-state index in [0.29, 0.717) is 12.0 Å². The van der Waals surface area contributed by atoms with Gasteiger partial charge in [-0.25, -0.2) is 10.4 Å². The average Bonchev–Trinajstić information content (AvgIpc) is 3.38. The van der Waals surface area contributed by atoms with Crippen LogP contribution in [0.5, 0.6) is 0 Å². The van der Waals surface area contributed by atoms with E-state index in [-0.39, 0.29) is 17.9 Å². The Balaban J connectivity index is 1.10. The van der Waals surface area contributed by atoms with Crippen molar-refractivity contribution in [3.8, 4) is 0 Å². The molecule has 1 aliphatic carbocycles. The van der Waals surface area contributed by atoms with Gasteiger partial charge >= 0.3 is 0 Å². The Kier molecular flexibility index (Phi) is 7.67. The summed E-state index contributed by atoms with van der Waals surface area (Å²) in [6.45, 7) is 5.47. The summed E-state index contributed by atoms with van der Waals surface area (Å²) in [5.74, 6) is 1.70. The molecule has 37 heavy (non-hydrogen) atoms. The molecule has 3 aliphatic heterocycles. The van der Waals surface area contributed by atoms with Crippen LogP contribution in [0, 0.1) is 5.92 Å². The van der Waals surface area contributed by atoms with Crippen molar-refractivity contribution >= 4 is 17.4 Å². The van der Waals surface area contributed by atoms with Crippen molar-refractivity contribution in [2.45, 2.75) is 82.3 Å². The predicted octanol–water partition coefficient (Wildman–Crippen LogP) is 3.82. The van der Waals surface area contributed by atoms with E-state index >= 15 is 0 Å². The lowest BCUT2D eigenvalue weighted by atomic mass is 9.73. The van der Waals surface area contributed by atoms with Gasteiger partial charge in [-0.05, 0) is 87.6 Å². The molecular formula is C29H41N7O. The number of amides is 1. The summed E-state index contributed by atoms with van der Waals surface area (Å²) in [6, 6.07) is 6.37. The van der Waals surface area contributed by atoms with Gasteiger partial charge < -0.3 is 10.2 Å². The Hall–Kier alpha value is -2.55. The SMILES string of the molecule is O=C(Nc1ccnc(N2CCCCC2)c1)C1NNC2CCC(c3cncc(CN4CCCCC4)c3)CC21. The molecule has 1 amide bonds. The minimum Gasteiger partial charge on any atom is -0.357 e. The molecule has 0 radical (unpaired) electrons. The molecule has 6 rings (SSSR count). The molecule has 198 valence electrons. The van der Waals surface area contributed by atoms with Gasteiger partial charge in [0.1, 0.15) is 11.9 Å². The largest absolute Gasteiger partial charge is 0.357 e. The summed E-state index contributed by atoms with van der Waals surface area (Å²) in [7, 11) is 0. The highest BCUT2D eigenvalue weighted by Crippen LogP contribution is 2.40. The second kappa shape index (κ2) is 11.5. The average molecular weight is 504 g/mol. The maximum atomic E-state index is 13.4. The number of likely N-dealkylation sites (tertiary alicyclic amines) is 1. The molecular weight excluding hydrogens is 462 g/mol. The molecule has 4 unspecified atom stereocenters. The van der Waals surface area contributed by atoms with Crippen LogP contribution in [0.1, 0.15) is 74.8 Å². The second-order valence-electron chi connectivity index (χ2n) is 11.4. The third kappa shape index (κ3) is 5.81. The standard InChI is InChI=1S/C29H41N7O/c37-29(32-24-9-10-31-27(17-24)36-13-5-2-6-14-36)28-25-16-22(7-8-26(25)33-34-28)23-15-21(18-30-19-23)20-35-11-3-1-4-12-35/h9-10,15,17-19,22,25-26,28,33-34H,1-8,11-14,16,20H2,(H,31,32,37). The third-order valence-electron chi connectivity index (χ3n) is 8.87. The molecule has 2 aromatic heterocycles. The number of anilines is 2. The summed E-state index contributed by atoms with van der Waals surface area (Å²) in [6.07, 6.45) is 16.7. The number of nitrogens with zero attached hydrogens (tertiary/aromatic N) is 4. The van der Waals surface area contributed by atoms with Crippen molar-refractivity contribution in [3.05, 3.63) is 47.9 Å². The van der Waals surface area contributed by atoms with E-state index in [1.807, 2.05) is 24.5 Å². The Labute approximate surface area is 220 Å². The number of aromatic nitrogens is 2. The number of hydrogen-bond donors (Lipinski definition) is 3. The summed E-state index contributed by atoms with van der Waals surface area (Å²) < 4.78 is 0. The molecule has 4 atom stereocenters. The van der Waals surface area contributed by atoms with Crippen molar-refractivity contribution in [1.29, 1.82) is 0 Å². The predicted molar refractivity (Wildman–Crippen MR) is 146 cm³/mol. The van der Waals surface area contributed by atoms with Crippen molar-refractivity contribution in [2.75, 3.05) is 36.4 Å². The zero-order valence-corrected chi connectivity index (χ0v) is 21.9. The van der Waals surface area contributed by atoms with Crippen LogP contribution in [-0.4, -0.2) is 59.0 Å². The molecule has 4 aliphatic rings. The van der Waals surface area contributed by atoms with Crippen molar-refractivity contribution in [2.24, 2.45) is 5.92 Å². The van der Waals surface area contributed by atoms with E-state index in [0.717, 1.165) is 50.4 Å². The number of rotatable bonds is 6. The number of carbonyl (C=O) groups excluding carboxylic acids is 1. The van der Waals surface area contributed by atoms with Gasteiger partial charge in [0.25, 0.3) is 0 Å².